The molecule has 68 valence electrons. The van der Waals surface area contributed by atoms with Crippen molar-refractivity contribution >= 4 is 11.0 Å². The fourth-order valence-corrected chi connectivity index (χ4v) is 1.41. The van der Waals surface area contributed by atoms with Gasteiger partial charge < -0.3 is 9.55 Å². The number of aryl methyl sites for hydroxylation is 2. The molecule has 0 unspecified atom stereocenters. The van der Waals surface area contributed by atoms with Gasteiger partial charge in [0, 0.05) is 19.7 Å². The molecule has 0 atom stereocenters. The average molecular weight is 177 g/mol. The SMILES string of the molecule is CCc1nc2ccn(C)c2c(=O)[nH]1. The summed E-state index contributed by atoms with van der Waals surface area (Å²) >= 11 is 0. The number of hydrogen-bond acceptors (Lipinski definition) is 2. The van der Waals surface area contributed by atoms with Crippen LogP contribution in [-0.2, 0) is 13.5 Å². The first-order valence-corrected chi connectivity index (χ1v) is 4.26. The Balaban J connectivity index is 2.87. The maximum absolute atomic E-state index is 11.5. The van der Waals surface area contributed by atoms with E-state index in [4.69, 9.17) is 0 Å². The van der Waals surface area contributed by atoms with Crippen molar-refractivity contribution in [3.63, 3.8) is 0 Å². The predicted molar refractivity (Wildman–Crippen MR) is 50.7 cm³/mol. The third-order valence-corrected chi connectivity index (χ3v) is 2.11. The Bertz CT molecular complexity index is 495. The lowest BCUT2D eigenvalue weighted by molar-refractivity contribution is 0.915. The zero-order valence-electron chi connectivity index (χ0n) is 7.66. The molecular formula is C9H11N3O. The van der Waals surface area contributed by atoms with E-state index < -0.39 is 0 Å². The van der Waals surface area contributed by atoms with Crippen LogP contribution in [0.3, 0.4) is 0 Å². The van der Waals surface area contributed by atoms with E-state index in [1.165, 1.54) is 0 Å². The van der Waals surface area contributed by atoms with Crippen LogP contribution in [0.15, 0.2) is 17.1 Å². The Morgan fingerprint density at radius 2 is 2.38 bits per heavy atom. The molecule has 0 amide bonds. The topological polar surface area (TPSA) is 50.7 Å². The summed E-state index contributed by atoms with van der Waals surface area (Å²) in [5, 5.41) is 0. The summed E-state index contributed by atoms with van der Waals surface area (Å²) in [5.74, 6) is 0.740. The molecule has 2 rings (SSSR count). The maximum atomic E-state index is 11.5. The first kappa shape index (κ1) is 8.04. The third kappa shape index (κ3) is 1.14. The van der Waals surface area contributed by atoms with Crippen LogP contribution in [0.4, 0.5) is 0 Å². The van der Waals surface area contributed by atoms with Crippen molar-refractivity contribution in [2.45, 2.75) is 13.3 Å². The summed E-state index contributed by atoms with van der Waals surface area (Å²) in [6.45, 7) is 1.97. The Morgan fingerprint density at radius 1 is 1.62 bits per heavy atom. The number of hydrogen-bond donors (Lipinski definition) is 1. The molecule has 0 saturated carbocycles. The standard InChI is InChI=1S/C9H11N3O/c1-3-7-10-6-4-5-12(2)8(6)9(13)11-7/h4-5H,3H2,1-2H3,(H,10,11,13). The van der Waals surface area contributed by atoms with E-state index >= 15 is 0 Å². The molecule has 0 bridgehead atoms. The molecule has 0 saturated heterocycles. The summed E-state index contributed by atoms with van der Waals surface area (Å²) in [4.78, 5) is 18.6. The number of nitrogens with zero attached hydrogens (tertiary/aromatic N) is 2. The lowest BCUT2D eigenvalue weighted by Gasteiger charge is -1.97. The number of aromatic nitrogens is 3. The third-order valence-electron chi connectivity index (χ3n) is 2.11. The molecule has 2 aromatic rings. The zero-order valence-corrected chi connectivity index (χ0v) is 7.66. The van der Waals surface area contributed by atoms with Crippen molar-refractivity contribution in [3.8, 4) is 0 Å². The van der Waals surface area contributed by atoms with Crippen LogP contribution in [0, 0.1) is 0 Å². The second-order valence-electron chi connectivity index (χ2n) is 3.03. The van der Waals surface area contributed by atoms with Crippen LogP contribution in [0.5, 0.6) is 0 Å². The smallest absolute Gasteiger partial charge is 0.275 e. The fraction of sp³-hybridized carbons (Fsp3) is 0.333. The van der Waals surface area contributed by atoms with E-state index in [-0.39, 0.29) is 5.56 Å². The van der Waals surface area contributed by atoms with Gasteiger partial charge in [-0.3, -0.25) is 4.79 Å². The second kappa shape index (κ2) is 2.73. The summed E-state index contributed by atoms with van der Waals surface area (Å²) in [6.07, 6.45) is 2.59. The molecule has 1 N–H and O–H groups in total. The van der Waals surface area contributed by atoms with E-state index in [2.05, 4.69) is 9.97 Å². The van der Waals surface area contributed by atoms with E-state index in [0.29, 0.717) is 5.52 Å². The maximum Gasteiger partial charge on any atom is 0.275 e. The second-order valence-corrected chi connectivity index (χ2v) is 3.03. The molecule has 0 aliphatic carbocycles. The highest BCUT2D eigenvalue weighted by molar-refractivity contribution is 5.74. The van der Waals surface area contributed by atoms with Gasteiger partial charge in [0.05, 0.1) is 5.52 Å². The van der Waals surface area contributed by atoms with Gasteiger partial charge in [-0.15, -0.1) is 0 Å². The van der Waals surface area contributed by atoms with Gasteiger partial charge in [0.25, 0.3) is 5.56 Å². The molecular weight excluding hydrogens is 166 g/mol. The summed E-state index contributed by atoms with van der Waals surface area (Å²) in [6, 6.07) is 1.85. The summed E-state index contributed by atoms with van der Waals surface area (Å²) < 4.78 is 1.78. The fourth-order valence-electron chi connectivity index (χ4n) is 1.41. The van der Waals surface area contributed by atoms with Gasteiger partial charge in [0.15, 0.2) is 0 Å². The molecule has 2 aromatic heterocycles. The molecule has 13 heavy (non-hydrogen) atoms. The van der Waals surface area contributed by atoms with Gasteiger partial charge >= 0.3 is 0 Å². The number of rotatable bonds is 1. The number of nitrogens with one attached hydrogen (secondary N) is 1. The summed E-state index contributed by atoms with van der Waals surface area (Å²) in [5.41, 5.74) is 1.34. The van der Waals surface area contributed by atoms with Crippen LogP contribution >= 0.6 is 0 Å². The van der Waals surface area contributed by atoms with E-state index in [0.717, 1.165) is 17.8 Å². The van der Waals surface area contributed by atoms with Crippen LogP contribution in [0.25, 0.3) is 11.0 Å². The molecule has 0 aliphatic heterocycles. The van der Waals surface area contributed by atoms with Crippen molar-refractivity contribution in [2.24, 2.45) is 7.05 Å². The number of fused-ring (bicyclic) bond motifs is 1. The van der Waals surface area contributed by atoms with E-state index in [1.54, 1.807) is 4.57 Å². The predicted octanol–water partition coefficient (Wildman–Crippen LogP) is 0.824. The highest BCUT2D eigenvalue weighted by atomic mass is 16.1. The van der Waals surface area contributed by atoms with Gasteiger partial charge in [-0.25, -0.2) is 4.98 Å². The molecule has 0 radical (unpaired) electrons. The largest absolute Gasteiger partial charge is 0.345 e. The minimum absolute atomic E-state index is 0.0608. The lowest BCUT2D eigenvalue weighted by atomic mass is 10.4. The van der Waals surface area contributed by atoms with Crippen molar-refractivity contribution < 1.29 is 0 Å². The van der Waals surface area contributed by atoms with Crippen LogP contribution in [0.1, 0.15) is 12.7 Å². The zero-order chi connectivity index (χ0) is 9.42. The minimum Gasteiger partial charge on any atom is -0.345 e. The Labute approximate surface area is 75.2 Å². The van der Waals surface area contributed by atoms with Crippen molar-refractivity contribution in [2.75, 3.05) is 0 Å². The Kier molecular flexibility index (Phi) is 1.69. The Morgan fingerprint density at radius 3 is 3.08 bits per heavy atom. The van der Waals surface area contributed by atoms with Crippen molar-refractivity contribution in [3.05, 3.63) is 28.4 Å². The van der Waals surface area contributed by atoms with Crippen molar-refractivity contribution in [1.29, 1.82) is 0 Å². The average Bonchev–Trinajstić information content (AvgIpc) is 2.48. The molecule has 0 aromatic carbocycles. The molecule has 4 heteroatoms. The molecule has 0 spiro atoms. The Hall–Kier alpha value is -1.58. The highest BCUT2D eigenvalue weighted by Gasteiger charge is 2.04. The van der Waals surface area contributed by atoms with Crippen molar-refractivity contribution in [1.82, 2.24) is 14.5 Å². The lowest BCUT2D eigenvalue weighted by Crippen LogP contribution is -2.13. The first-order chi connectivity index (χ1) is 6.22. The molecule has 0 aliphatic rings. The van der Waals surface area contributed by atoms with Gasteiger partial charge in [-0.1, -0.05) is 6.92 Å². The van der Waals surface area contributed by atoms with Gasteiger partial charge in [-0.05, 0) is 6.07 Å². The highest BCUT2D eigenvalue weighted by Crippen LogP contribution is 2.06. The molecule has 0 fully saturated rings. The van der Waals surface area contributed by atoms with Gasteiger partial charge in [0.1, 0.15) is 11.3 Å². The normalized spacial score (nSPS) is 10.9. The molecule has 2 heterocycles. The van der Waals surface area contributed by atoms with E-state index in [9.17, 15) is 4.79 Å². The quantitative estimate of drug-likeness (QED) is 0.701. The van der Waals surface area contributed by atoms with Crippen LogP contribution < -0.4 is 5.56 Å². The van der Waals surface area contributed by atoms with E-state index in [1.807, 2.05) is 26.2 Å². The number of H-pyrrole nitrogens is 1. The minimum atomic E-state index is -0.0608. The van der Waals surface area contributed by atoms with Gasteiger partial charge in [0.2, 0.25) is 0 Å². The first-order valence-electron chi connectivity index (χ1n) is 4.26. The summed E-state index contributed by atoms with van der Waals surface area (Å²) in [7, 11) is 1.84. The molecule has 4 nitrogen and oxygen atoms in total. The van der Waals surface area contributed by atoms with Gasteiger partial charge in [-0.2, -0.15) is 0 Å². The van der Waals surface area contributed by atoms with Crippen LogP contribution in [-0.4, -0.2) is 14.5 Å². The monoisotopic (exact) mass is 177 g/mol. The van der Waals surface area contributed by atoms with Crippen LogP contribution in [0.2, 0.25) is 0 Å². The number of aromatic amines is 1.